The van der Waals surface area contributed by atoms with Crippen molar-refractivity contribution in [1.29, 1.82) is 5.26 Å². The van der Waals surface area contributed by atoms with E-state index < -0.39 is 0 Å². The molecule has 0 heterocycles. The molecule has 138 valence electrons. The molecule has 1 rings (SSSR count). The molecule has 25 heavy (non-hydrogen) atoms. The summed E-state index contributed by atoms with van der Waals surface area (Å²) >= 11 is 0. The molecule has 1 unspecified atom stereocenters. The molecule has 0 aliphatic carbocycles. The van der Waals surface area contributed by atoms with Gasteiger partial charge in [-0.05, 0) is 37.5 Å². The van der Waals surface area contributed by atoms with E-state index in [1.165, 1.54) is 0 Å². The second-order valence-electron chi connectivity index (χ2n) is 5.90. The fourth-order valence-electron chi connectivity index (χ4n) is 2.16. The Hall–Kier alpha value is -2.26. The van der Waals surface area contributed by atoms with E-state index in [1.807, 2.05) is 32.0 Å². The van der Waals surface area contributed by atoms with Crippen molar-refractivity contribution in [2.75, 3.05) is 20.3 Å². The first kappa shape index (κ1) is 20.8. The summed E-state index contributed by atoms with van der Waals surface area (Å²) in [5.41, 5.74) is 1.05. The van der Waals surface area contributed by atoms with Crippen LogP contribution in [0.2, 0.25) is 0 Å². The summed E-state index contributed by atoms with van der Waals surface area (Å²) in [6.07, 6.45) is 2.55. The number of nitriles is 1. The number of methoxy groups -OCH3 is 1. The van der Waals surface area contributed by atoms with Gasteiger partial charge in [0.25, 0.3) is 0 Å². The van der Waals surface area contributed by atoms with Crippen molar-refractivity contribution in [2.45, 2.75) is 52.1 Å². The Bertz CT molecular complexity index is 570. The number of nitrogens with one attached hydrogen (secondary N) is 2. The van der Waals surface area contributed by atoms with Gasteiger partial charge >= 0.3 is 0 Å². The average Bonchev–Trinajstić information content (AvgIpc) is 2.62. The van der Waals surface area contributed by atoms with Crippen molar-refractivity contribution in [3.05, 3.63) is 23.8 Å². The fraction of sp³-hybridized carbons (Fsp3) is 0.579. The third-order valence-electron chi connectivity index (χ3n) is 3.80. The first-order chi connectivity index (χ1) is 12.1. The highest BCUT2D eigenvalue weighted by molar-refractivity contribution is 5.76. The normalized spacial score (nSPS) is 11.4. The quantitative estimate of drug-likeness (QED) is 0.568. The Labute approximate surface area is 150 Å². The van der Waals surface area contributed by atoms with Crippen LogP contribution in [0, 0.1) is 11.3 Å². The number of unbranched alkanes of at least 4 members (excludes halogenated alkanes) is 1. The molecule has 0 saturated heterocycles. The van der Waals surface area contributed by atoms with E-state index in [0.717, 1.165) is 12.0 Å². The molecule has 1 aromatic carbocycles. The number of amides is 1. The number of rotatable bonds is 12. The van der Waals surface area contributed by atoms with E-state index >= 15 is 0 Å². The van der Waals surface area contributed by atoms with Gasteiger partial charge in [0.1, 0.15) is 0 Å². The predicted molar refractivity (Wildman–Crippen MR) is 97.6 cm³/mol. The molecule has 0 aliphatic heterocycles. The molecular weight excluding hydrogens is 318 g/mol. The summed E-state index contributed by atoms with van der Waals surface area (Å²) < 4.78 is 11.0. The van der Waals surface area contributed by atoms with Gasteiger partial charge < -0.3 is 20.1 Å². The summed E-state index contributed by atoms with van der Waals surface area (Å²) in [7, 11) is 1.60. The molecule has 6 heteroatoms. The SMILES string of the molecule is CCC(C)NC(=O)CCNCc1ccc(OC)c(OCCCC#N)c1. The highest BCUT2D eigenvalue weighted by Crippen LogP contribution is 2.28. The molecule has 1 amide bonds. The molecule has 0 saturated carbocycles. The Morgan fingerprint density at radius 2 is 2.16 bits per heavy atom. The van der Waals surface area contributed by atoms with Crippen LogP contribution in [0.25, 0.3) is 0 Å². The molecule has 2 N–H and O–H groups in total. The first-order valence-corrected chi connectivity index (χ1v) is 8.77. The van der Waals surface area contributed by atoms with E-state index in [0.29, 0.717) is 50.5 Å². The molecule has 0 fully saturated rings. The van der Waals surface area contributed by atoms with Crippen LogP contribution in [-0.2, 0) is 11.3 Å². The van der Waals surface area contributed by atoms with Crippen molar-refractivity contribution in [3.8, 4) is 17.6 Å². The van der Waals surface area contributed by atoms with E-state index in [9.17, 15) is 4.79 Å². The van der Waals surface area contributed by atoms with Crippen LogP contribution in [0.5, 0.6) is 11.5 Å². The zero-order valence-corrected chi connectivity index (χ0v) is 15.4. The first-order valence-electron chi connectivity index (χ1n) is 8.77. The summed E-state index contributed by atoms with van der Waals surface area (Å²) in [5, 5.41) is 14.8. The third kappa shape index (κ3) is 8.41. The second kappa shape index (κ2) is 12.2. The zero-order valence-electron chi connectivity index (χ0n) is 15.4. The summed E-state index contributed by atoms with van der Waals surface area (Å²) in [6, 6.07) is 8.08. The number of hydrogen-bond donors (Lipinski definition) is 2. The Morgan fingerprint density at radius 3 is 2.84 bits per heavy atom. The molecule has 0 spiro atoms. The Kier molecular flexibility index (Phi) is 10.1. The van der Waals surface area contributed by atoms with E-state index in [4.69, 9.17) is 14.7 Å². The molecule has 0 bridgehead atoms. The maximum atomic E-state index is 11.7. The van der Waals surface area contributed by atoms with E-state index in [2.05, 4.69) is 16.7 Å². The van der Waals surface area contributed by atoms with Gasteiger partial charge in [0.05, 0.1) is 19.8 Å². The lowest BCUT2D eigenvalue weighted by atomic mass is 10.2. The number of carbonyl (C=O) groups is 1. The standard InChI is InChI=1S/C19H29N3O3/c1-4-15(2)22-19(23)9-11-21-14-16-7-8-17(24-3)18(13-16)25-12-6-5-10-20/h7-8,13,15,21H,4-6,9,11-12,14H2,1-3H3,(H,22,23). The number of hydrogen-bond acceptors (Lipinski definition) is 5. The lowest BCUT2D eigenvalue weighted by Gasteiger charge is -2.13. The molecule has 6 nitrogen and oxygen atoms in total. The Morgan fingerprint density at radius 1 is 1.36 bits per heavy atom. The van der Waals surface area contributed by atoms with Crippen LogP contribution >= 0.6 is 0 Å². The van der Waals surface area contributed by atoms with Crippen molar-refractivity contribution in [3.63, 3.8) is 0 Å². The Balaban J connectivity index is 2.42. The monoisotopic (exact) mass is 347 g/mol. The number of ether oxygens (including phenoxy) is 2. The third-order valence-corrected chi connectivity index (χ3v) is 3.80. The van der Waals surface area contributed by atoms with Crippen LogP contribution < -0.4 is 20.1 Å². The van der Waals surface area contributed by atoms with Gasteiger partial charge in [0, 0.05) is 32.0 Å². The lowest BCUT2D eigenvalue weighted by molar-refractivity contribution is -0.121. The van der Waals surface area contributed by atoms with Crippen LogP contribution in [0.4, 0.5) is 0 Å². The number of nitrogens with zero attached hydrogens (tertiary/aromatic N) is 1. The zero-order chi connectivity index (χ0) is 18.5. The second-order valence-corrected chi connectivity index (χ2v) is 5.90. The van der Waals surface area contributed by atoms with Crippen LogP contribution in [0.3, 0.4) is 0 Å². The van der Waals surface area contributed by atoms with Crippen molar-refractivity contribution >= 4 is 5.91 Å². The van der Waals surface area contributed by atoms with Gasteiger partial charge in [-0.15, -0.1) is 0 Å². The van der Waals surface area contributed by atoms with Gasteiger partial charge in [-0.2, -0.15) is 5.26 Å². The number of benzene rings is 1. The van der Waals surface area contributed by atoms with E-state index in [1.54, 1.807) is 7.11 Å². The minimum atomic E-state index is 0.0677. The minimum Gasteiger partial charge on any atom is -0.493 e. The van der Waals surface area contributed by atoms with Gasteiger partial charge in [-0.3, -0.25) is 4.79 Å². The smallest absolute Gasteiger partial charge is 0.221 e. The van der Waals surface area contributed by atoms with E-state index in [-0.39, 0.29) is 11.9 Å². The summed E-state index contributed by atoms with van der Waals surface area (Å²) in [4.78, 5) is 11.7. The molecule has 0 aliphatic rings. The molecule has 1 aromatic rings. The maximum Gasteiger partial charge on any atom is 0.221 e. The summed E-state index contributed by atoms with van der Waals surface area (Å²) in [6.45, 7) is 5.80. The predicted octanol–water partition coefficient (Wildman–Crippen LogP) is 2.77. The molecular formula is C19H29N3O3. The lowest BCUT2D eigenvalue weighted by Crippen LogP contribution is -2.33. The van der Waals surface area contributed by atoms with Gasteiger partial charge in [-0.1, -0.05) is 13.0 Å². The largest absolute Gasteiger partial charge is 0.493 e. The van der Waals surface area contributed by atoms with Gasteiger partial charge in [0.2, 0.25) is 5.91 Å². The average molecular weight is 347 g/mol. The van der Waals surface area contributed by atoms with Crippen LogP contribution in [-0.4, -0.2) is 32.2 Å². The molecule has 1 atom stereocenters. The molecule has 0 aromatic heterocycles. The van der Waals surface area contributed by atoms with Crippen LogP contribution in [0.15, 0.2) is 18.2 Å². The highest BCUT2D eigenvalue weighted by atomic mass is 16.5. The summed E-state index contributed by atoms with van der Waals surface area (Å²) in [5.74, 6) is 1.42. The topological polar surface area (TPSA) is 83.4 Å². The highest BCUT2D eigenvalue weighted by Gasteiger charge is 2.07. The fourth-order valence-corrected chi connectivity index (χ4v) is 2.16. The van der Waals surface area contributed by atoms with Crippen molar-refractivity contribution < 1.29 is 14.3 Å². The number of carbonyl (C=O) groups excluding carboxylic acids is 1. The van der Waals surface area contributed by atoms with Crippen molar-refractivity contribution in [1.82, 2.24) is 10.6 Å². The molecule has 0 radical (unpaired) electrons. The van der Waals surface area contributed by atoms with Crippen molar-refractivity contribution in [2.24, 2.45) is 0 Å². The van der Waals surface area contributed by atoms with Crippen LogP contribution in [0.1, 0.15) is 45.1 Å². The minimum absolute atomic E-state index is 0.0677. The van der Waals surface area contributed by atoms with Gasteiger partial charge in [0.15, 0.2) is 11.5 Å². The maximum absolute atomic E-state index is 11.7. The van der Waals surface area contributed by atoms with Gasteiger partial charge in [-0.25, -0.2) is 0 Å².